The van der Waals surface area contributed by atoms with E-state index in [4.69, 9.17) is 28.1 Å². The zero-order valence-electron chi connectivity index (χ0n) is 28.6. The number of benzene rings is 3. The summed E-state index contributed by atoms with van der Waals surface area (Å²) in [6.45, 7) is -1.85. The fourth-order valence-corrected chi connectivity index (χ4v) is 6.09. The molecule has 10 atom stereocenters. The third-order valence-corrected chi connectivity index (χ3v) is 8.99. The molecule has 2 aliphatic heterocycles. The molecule has 0 spiro atoms. The van der Waals surface area contributed by atoms with E-state index in [-0.39, 0.29) is 16.7 Å². The first kappa shape index (κ1) is 40.0. The fraction of sp³-hybridized carbons (Fsp3) is 0.333. The number of carbonyl (C=O) groups excluding carboxylic acids is 1. The van der Waals surface area contributed by atoms with E-state index in [0.717, 1.165) is 36.4 Å². The highest BCUT2D eigenvalue weighted by molar-refractivity contribution is 5.89. The van der Waals surface area contributed by atoms with Gasteiger partial charge in [0, 0.05) is 23.8 Å². The van der Waals surface area contributed by atoms with Crippen LogP contribution in [0.3, 0.4) is 0 Å². The maximum Gasteiger partial charge on any atom is 0.331 e. The lowest BCUT2D eigenvalue weighted by Crippen LogP contribution is -2.65. The van der Waals surface area contributed by atoms with Gasteiger partial charge < -0.3 is 89.4 Å². The number of carbonyl (C=O) groups is 1. The van der Waals surface area contributed by atoms with Gasteiger partial charge in [-0.15, -0.1) is 0 Å². The van der Waals surface area contributed by atoms with Crippen molar-refractivity contribution in [3.05, 3.63) is 70.4 Å². The Bertz CT molecular complexity index is 2160. The molecule has 56 heavy (non-hydrogen) atoms. The number of ether oxygens (including phenoxy) is 5. The third-order valence-electron chi connectivity index (χ3n) is 8.99. The van der Waals surface area contributed by atoms with Crippen molar-refractivity contribution in [1.82, 2.24) is 0 Å². The molecule has 1 aromatic heterocycles. The number of fused-ring (bicyclic) bond motifs is 1. The average molecular weight is 789 g/mol. The summed E-state index contributed by atoms with van der Waals surface area (Å²) in [6.07, 6.45) is -17.0. The van der Waals surface area contributed by atoms with Crippen LogP contribution in [0.5, 0.6) is 40.2 Å². The summed E-state index contributed by atoms with van der Waals surface area (Å²) in [5, 5.41) is 123. The molecule has 0 saturated carbocycles. The maximum atomic E-state index is 13.9. The molecule has 20 heteroatoms. The number of esters is 1. The van der Waals surface area contributed by atoms with Gasteiger partial charge in [0.1, 0.15) is 59.1 Å². The molecule has 0 unspecified atom stereocenters. The van der Waals surface area contributed by atoms with E-state index >= 15 is 0 Å². The predicted octanol–water partition coefficient (Wildman–Crippen LogP) is -1.04. The summed E-state index contributed by atoms with van der Waals surface area (Å²) in [4.78, 5) is 26.6. The first-order valence-corrected chi connectivity index (χ1v) is 16.6. The topological polar surface area (TPSA) is 336 Å². The van der Waals surface area contributed by atoms with Crippen molar-refractivity contribution in [3.8, 4) is 51.6 Å². The smallest absolute Gasteiger partial charge is 0.331 e. The second kappa shape index (κ2) is 16.2. The summed E-state index contributed by atoms with van der Waals surface area (Å²) < 4.78 is 34.0. The summed E-state index contributed by atoms with van der Waals surface area (Å²) in [5.41, 5.74) is -1.31. The lowest BCUT2D eigenvalue weighted by Gasteiger charge is -2.46. The predicted molar refractivity (Wildman–Crippen MR) is 184 cm³/mol. The van der Waals surface area contributed by atoms with E-state index in [1.807, 2.05) is 0 Å². The highest BCUT2D eigenvalue weighted by atomic mass is 16.8. The van der Waals surface area contributed by atoms with E-state index in [1.165, 1.54) is 24.3 Å². The zero-order chi connectivity index (χ0) is 40.6. The molecule has 12 N–H and O–H groups in total. The van der Waals surface area contributed by atoms with Crippen molar-refractivity contribution in [1.29, 1.82) is 0 Å². The van der Waals surface area contributed by atoms with Crippen LogP contribution in [-0.4, -0.2) is 142 Å². The van der Waals surface area contributed by atoms with Crippen LogP contribution in [0.25, 0.3) is 28.4 Å². The standard InChI is InChI=1S/C36H36O20/c37-11-22-26(46)28(48)34(56-35-30(50)29(49)32(23(12-38)53-35)54-24(45)6-2-13-1-4-16(40)18(42)7-13)36(52-22)55-33-27(47)25-20(44)9-15(39)10-21(25)51-31(33)14-3-5-17(41)19(43)8-14/h1-10,22-23,26,28-30,32,34-44,46,48-50H,11-12H2/t22-,23+,26+,28+,29+,30+,32-,34+,35-,36-/m0/s1. The van der Waals surface area contributed by atoms with Crippen molar-refractivity contribution in [2.24, 2.45) is 0 Å². The number of aliphatic hydroxyl groups excluding tert-OH is 6. The van der Waals surface area contributed by atoms with Crippen LogP contribution in [0.15, 0.2) is 63.8 Å². The van der Waals surface area contributed by atoms with Gasteiger partial charge in [-0.1, -0.05) is 6.07 Å². The average Bonchev–Trinajstić information content (AvgIpc) is 3.16. The van der Waals surface area contributed by atoms with Gasteiger partial charge >= 0.3 is 5.97 Å². The largest absolute Gasteiger partial charge is 0.508 e. The Morgan fingerprint density at radius 1 is 0.696 bits per heavy atom. The Balaban J connectivity index is 1.30. The molecule has 3 heterocycles. The van der Waals surface area contributed by atoms with Crippen molar-refractivity contribution < 1.29 is 94.2 Å². The number of aromatic hydroxyl groups is 6. The molecule has 3 aromatic carbocycles. The molecule has 300 valence electrons. The fourth-order valence-electron chi connectivity index (χ4n) is 6.09. The van der Waals surface area contributed by atoms with E-state index in [9.17, 15) is 70.9 Å². The van der Waals surface area contributed by atoms with Crippen LogP contribution in [0.1, 0.15) is 5.56 Å². The van der Waals surface area contributed by atoms with E-state index in [1.54, 1.807) is 0 Å². The van der Waals surface area contributed by atoms with Gasteiger partial charge in [0.15, 0.2) is 47.3 Å². The second-order valence-corrected chi connectivity index (χ2v) is 12.7. The molecular formula is C36H36O20. The quantitative estimate of drug-likeness (QED) is 0.0519. The highest BCUT2D eigenvalue weighted by Gasteiger charge is 2.52. The lowest BCUT2D eigenvalue weighted by atomic mass is 9.97. The van der Waals surface area contributed by atoms with Crippen molar-refractivity contribution in [2.75, 3.05) is 13.2 Å². The number of rotatable bonds is 10. The van der Waals surface area contributed by atoms with Crippen molar-refractivity contribution >= 4 is 23.0 Å². The van der Waals surface area contributed by atoms with E-state index in [0.29, 0.717) is 0 Å². The van der Waals surface area contributed by atoms with Crippen LogP contribution in [0, 0.1) is 0 Å². The molecule has 2 saturated heterocycles. The Morgan fingerprint density at radius 3 is 2.00 bits per heavy atom. The van der Waals surface area contributed by atoms with Crippen LogP contribution in [0.4, 0.5) is 0 Å². The number of aliphatic hydroxyl groups is 6. The molecular weight excluding hydrogens is 752 g/mol. The SMILES string of the molecule is O=C(C=Cc1ccc(O)c(O)c1)O[C@@H]1[C@H](O)[C@@H](O)[C@H](O[C@H]2[C@H](Oc3c(-c4ccc(O)c(O)c4)oc4cc(O)cc(O)c4c3=O)O[C@@H](CO)[C@@H](O)[C@H]2O)O[C@@H]1CO. The Hall–Kier alpha value is -5.68. The molecule has 20 nitrogen and oxygen atoms in total. The molecule has 2 aliphatic rings. The minimum Gasteiger partial charge on any atom is -0.508 e. The van der Waals surface area contributed by atoms with Gasteiger partial charge in [0.2, 0.25) is 17.5 Å². The molecule has 2 fully saturated rings. The first-order valence-electron chi connectivity index (χ1n) is 16.6. The molecule has 0 radical (unpaired) electrons. The van der Waals surface area contributed by atoms with Crippen LogP contribution in [-0.2, 0) is 23.7 Å². The molecule has 6 rings (SSSR count). The van der Waals surface area contributed by atoms with Gasteiger partial charge in [-0.3, -0.25) is 4.79 Å². The van der Waals surface area contributed by atoms with Crippen LogP contribution >= 0.6 is 0 Å². The molecule has 0 amide bonds. The number of hydrogen-bond acceptors (Lipinski definition) is 20. The lowest BCUT2D eigenvalue weighted by molar-refractivity contribution is -0.358. The minimum atomic E-state index is -2.11. The highest BCUT2D eigenvalue weighted by Crippen LogP contribution is 2.40. The summed E-state index contributed by atoms with van der Waals surface area (Å²) >= 11 is 0. The molecule has 0 bridgehead atoms. The number of phenols is 6. The van der Waals surface area contributed by atoms with Gasteiger partial charge in [0.05, 0.1) is 13.2 Å². The summed E-state index contributed by atoms with van der Waals surface area (Å²) in [6, 6.07) is 8.69. The van der Waals surface area contributed by atoms with E-state index < -0.39 is 137 Å². The second-order valence-electron chi connectivity index (χ2n) is 12.7. The van der Waals surface area contributed by atoms with Gasteiger partial charge in [-0.25, -0.2) is 4.79 Å². The Labute approximate surface area is 313 Å². The summed E-state index contributed by atoms with van der Waals surface area (Å²) in [7, 11) is 0. The number of hydrogen-bond donors (Lipinski definition) is 12. The summed E-state index contributed by atoms with van der Waals surface area (Å²) in [5.74, 6) is -5.72. The normalized spacial score (nSPS) is 28.0. The monoisotopic (exact) mass is 788 g/mol. The van der Waals surface area contributed by atoms with Gasteiger partial charge in [-0.05, 0) is 42.0 Å². The maximum absolute atomic E-state index is 13.9. The third kappa shape index (κ3) is 7.86. The van der Waals surface area contributed by atoms with Crippen molar-refractivity contribution in [3.63, 3.8) is 0 Å². The van der Waals surface area contributed by atoms with Gasteiger partial charge in [0.25, 0.3) is 0 Å². The molecule has 0 aliphatic carbocycles. The Kier molecular flexibility index (Phi) is 11.6. The zero-order valence-corrected chi connectivity index (χ0v) is 28.6. The Morgan fingerprint density at radius 2 is 1.34 bits per heavy atom. The van der Waals surface area contributed by atoms with Gasteiger partial charge in [-0.2, -0.15) is 0 Å². The minimum absolute atomic E-state index is 0.110. The number of phenolic OH excluding ortho intramolecular Hbond substituents is 6. The van der Waals surface area contributed by atoms with Crippen LogP contribution < -0.4 is 10.2 Å². The van der Waals surface area contributed by atoms with Crippen molar-refractivity contribution in [2.45, 2.75) is 61.4 Å². The van der Waals surface area contributed by atoms with Crippen LogP contribution in [0.2, 0.25) is 0 Å². The first-order chi connectivity index (χ1) is 26.6. The van der Waals surface area contributed by atoms with E-state index in [2.05, 4.69) is 0 Å². The molecule has 4 aromatic rings.